The summed E-state index contributed by atoms with van der Waals surface area (Å²) in [6, 6.07) is 0. The van der Waals surface area contributed by atoms with Crippen LogP contribution in [0.15, 0.2) is 0 Å². The molecule has 0 aliphatic carbocycles. The molecule has 7 heteroatoms. The highest BCUT2D eigenvalue weighted by atomic mass is 35.5. The number of halogens is 1. The summed E-state index contributed by atoms with van der Waals surface area (Å²) in [4.78, 5) is 30.3. The van der Waals surface area contributed by atoms with Gasteiger partial charge in [0.2, 0.25) is 0 Å². The first-order valence-corrected chi connectivity index (χ1v) is 3.10. The molecule has 6 nitrogen and oxygen atoms in total. The molecule has 0 saturated heterocycles. The molecule has 0 aromatic rings. The van der Waals surface area contributed by atoms with E-state index >= 15 is 0 Å². The average molecular weight is 213 g/mol. The third-order valence-electron chi connectivity index (χ3n) is 1.19. The molecular formula is C6H9ClO6. The molecule has 0 aromatic carbocycles. The zero-order valence-corrected chi connectivity index (χ0v) is 7.28. The van der Waals surface area contributed by atoms with E-state index in [1.54, 1.807) is 0 Å². The second-order valence-corrected chi connectivity index (χ2v) is 2.23. The van der Waals surface area contributed by atoms with Crippen molar-refractivity contribution < 1.29 is 29.7 Å². The lowest BCUT2D eigenvalue weighted by atomic mass is 10.0. The number of rotatable bonds is 5. The molecule has 0 spiro atoms. The molecule has 13 heavy (non-hydrogen) atoms. The molecule has 0 rings (SSSR count). The number of aliphatic carboxylic acids is 3. The van der Waals surface area contributed by atoms with Gasteiger partial charge in [-0.2, -0.15) is 0 Å². The minimum absolute atomic E-state index is 0. The van der Waals surface area contributed by atoms with Crippen LogP contribution in [0.1, 0.15) is 12.8 Å². The van der Waals surface area contributed by atoms with Gasteiger partial charge in [-0.3, -0.25) is 14.4 Å². The van der Waals surface area contributed by atoms with E-state index in [1.165, 1.54) is 0 Å². The maximum Gasteiger partial charge on any atom is 0.307 e. The van der Waals surface area contributed by atoms with Crippen molar-refractivity contribution in [3.63, 3.8) is 0 Å². The number of carbonyl (C=O) groups is 3. The number of carboxylic acids is 3. The molecule has 0 unspecified atom stereocenters. The Kier molecular flexibility index (Phi) is 6.84. The fraction of sp³-hybridized carbons (Fsp3) is 0.500. The topological polar surface area (TPSA) is 112 Å². The normalized spacial score (nSPS) is 9.00. The van der Waals surface area contributed by atoms with E-state index in [0.717, 1.165) is 0 Å². The van der Waals surface area contributed by atoms with Gasteiger partial charge in [-0.05, 0) is 0 Å². The van der Waals surface area contributed by atoms with Gasteiger partial charge in [-0.25, -0.2) is 0 Å². The molecule has 3 N–H and O–H groups in total. The molecule has 0 aliphatic heterocycles. The van der Waals surface area contributed by atoms with Crippen molar-refractivity contribution in [1.29, 1.82) is 0 Å². The zero-order valence-electron chi connectivity index (χ0n) is 6.47. The summed E-state index contributed by atoms with van der Waals surface area (Å²) in [5.74, 6) is -5.38. The first-order chi connectivity index (χ1) is 5.43. The van der Waals surface area contributed by atoms with Crippen LogP contribution >= 0.6 is 12.4 Å². The van der Waals surface area contributed by atoms with Crippen molar-refractivity contribution in [1.82, 2.24) is 0 Å². The summed E-state index contributed by atoms with van der Waals surface area (Å²) in [5.41, 5.74) is 0. The average Bonchev–Trinajstić information content (AvgIpc) is 1.83. The van der Waals surface area contributed by atoms with Crippen LogP contribution in [0.2, 0.25) is 0 Å². The number of carboxylic acid groups (broad SMARTS) is 3. The van der Waals surface area contributed by atoms with Crippen molar-refractivity contribution in [2.45, 2.75) is 12.8 Å². The lowest BCUT2D eigenvalue weighted by molar-refractivity contribution is -0.152. The lowest BCUT2D eigenvalue weighted by Gasteiger charge is -2.04. The quantitative estimate of drug-likeness (QED) is 0.594. The Labute approximate surface area is 79.6 Å². The van der Waals surface area contributed by atoms with E-state index < -0.39 is 36.7 Å². The fourth-order valence-corrected chi connectivity index (χ4v) is 0.668. The van der Waals surface area contributed by atoms with Crippen LogP contribution in [0.4, 0.5) is 0 Å². The van der Waals surface area contributed by atoms with Gasteiger partial charge < -0.3 is 15.3 Å². The van der Waals surface area contributed by atoms with Crippen LogP contribution in [-0.4, -0.2) is 33.2 Å². The molecule has 0 fully saturated rings. The van der Waals surface area contributed by atoms with Gasteiger partial charge in [-0.1, -0.05) is 0 Å². The summed E-state index contributed by atoms with van der Waals surface area (Å²) in [5, 5.41) is 24.7. The highest BCUT2D eigenvalue weighted by Crippen LogP contribution is 2.08. The van der Waals surface area contributed by atoms with E-state index in [0.29, 0.717) is 0 Å². The lowest BCUT2D eigenvalue weighted by Crippen LogP contribution is -2.20. The molecule has 0 atom stereocenters. The molecule has 0 amide bonds. The Balaban J connectivity index is 0. The van der Waals surface area contributed by atoms with Gasteiger partial charge in [0.05, 0.1) is 18.8 Å². The van der Waals surface area contributed by atoms with Crippen LogP contribution in [0.25, 0.3) is 0 Å². The van der Waals surface area contributed by atoms with Crippen LogP contribution < -0.4 is 0 Å². The molecule has 76 valence electrons. The van der Waals surface area contributed by atoms with Crippen molar-refractivity contribution in [2.24, 2.45) is 5.92 Å². The molecule has 0 saturated carbocycles. The standard InChI is InChI=1S/C6H8O6.ClH/c7-4(8)1-3(6(11)12)2-5(9)10;/h3H,1-2H2,(H,7,8)(H,9,10)(H,11,12);1H. The summed E-state index contributed by atoms with van der Waals surface area (Å²) >= 11 is 0. The SMILES string of the molecule is Cl.O=C(O)CC(CC(=O)O)C(=O)O. The van der Waals surface area contributed by atoms with Crippen molar-refractivity contribution >= 4 is 30.3 Å². The molecule has 0 aromatic heterocycles. The van der Waals surface area contributed by atoms with Gasteiger partial charge in [0.1, 0.15) is 0 Å². The Bertz CT molecular complexity index is 197. The number of hydrogen-bond donors (Lipinski definition) is 3. The van der Waals surface area contributed by atoms with Crippen LogP contribution in [-0.2, 0) is 14.4 Å². The van der Waals surface area contributed by atoms with Crippen LogP contribution in [0.3, 0.4) is 0 Å². The monoisotopic (exact) mass is 212 g/mol. The minimum atomic E-state index is -1.40. The predicted octanol–water partition coefficient (Wildman–Crippen LogP) is 0.0584. The predicted molar refractivity (Wildman–Crippen MR) is 42.9 cm³/mol. The maximum atomic E-state index is 10.2. The molecule has 0 radical (unpaired) electrons. The minimum Gasteiger partial charge on any atom is -0.481 e. The van der Waals surface area contributed by atoms with Crippen molar-refractivity contribution in [3.05, 3.63) is 0 Å². The van der Waals surface area contributed by atoms with Gasteiger partial charge in [-0.15, -0.1) is 12.4 Å². The first-order valence-electron chi connectivity index (χ1n) is 3.10. The fourth-order valence-electron chi connectivity index (χ4n) is 0.668. The highest BCUT2D eigenvalue weighted by molar-refractivity contribution is 5.85. The smallest absolute Gasteiger partial charge is 0.307 e. The van der Waals surface area contributed by atoms with Gasteiger partial charge in [0.25, 0.3) is 0 Å². The largest absolute Gasteiger partial charge is 0.481 e. The molecule has 0 aliphatic rings. The molecule has 0 heterocycles. The number of hydrogen-bond acceptors (Lipinski definition) is 3. The van der Waals surface area contributed by atoms with E-state index in [1.807, 2.05) is 0 Å². The third kappa shape index (κ3) is 7.07. The Hall–Kier alpha value is -1.30. The second kappa shape index (κ2) is 6.24. The summed E-state index contributed by atoms with van der Waals surface area (Å²) in [6.45, 7) is 0. The van der Waals surface area contributed by atoms with E-state index in [9.17, 15) is 14.4 Å². The highest BCUT2D eigenvalue weighted by Gasteiger charge is 2.23. The van der Waals surface area contributed by atoms with E-state index in [2.05, 4.69) is 0 Å². The van der Waals surface area contributed by atoms with Gasteiger partial charge in [0.15, 0.2) is 0 Å². The van der Waals surface area contributed by atoms with Crippen LogP contribution in [0, 0.1) is 5.92 Å². The zero-order chi connectivity index (χ0) is 9.72. The maximum absolute atomic E-state index is 10.2. The third-order valence-corrected chi connectivity index (χ3v) is 1.19. The van der Waals surface area contributed by atoms with E-state index in [-0.39, 0.29) is 12.4 Å². The second-order valence-electron chi connectivity index (χ2n) is 2.23. The molecular weight excluding hydrogens is 204 g/mol. The summed E-state index contributed by atoms with van der Waals surface area (Å²) in [7, 11) is 0. The molecule has 0 bridgehead atoms. The first kappa shape index (κ1) is 14.2. The van der Waals surface area contributed by atoms with Crippen molar-refractivity contribution in [3.8, 4) is 0 Å². The Morgan fingerprint density at radius 2 is 1.23 bits per heavy atom. The Morgan fingerprint density at radius 1 is 0.923 bits per heavy atom. The summed E-state index contributed by atoms with van der Waals surface area (Å²) in [6.07, 6.45) is -1.33. The van der Waals surface area contributed by atoms with Crippen LogP contribution in [0.5, 0.6) is 0 Å². The summed E-state index contributed by atoms with van der Waals surface area (Å²) < 4.78 is 0. The van der Waals surface area contributed by atoms with Crippen molar-refractivity contribution in [2.75, 3.05) is 0 Å². The Morgan fingerprint density at radius 3 is 1.38 bits per heavy atom. The van der Waals surface area contributed by atoms with E-state index in [4.69, 9.17) is 15.3 Å². The van der Waals surface area contributed by atoms with Gasteiger partial charge in [0, 0.05) is 0 Å². The van der Waals surface area contributed by atoms with Gasteiger partial charge >= 0.3 is 17.9 Å².